The van der Waals surface area contributed by atoms with Crippen LogP contribution < -0.4 is 10.1 Å². The van der Waals surface area contributed by atoms with Crippen LogP contribution in [0.5, 0.6) is 5.75 Å². The number of amides is 2. The molecule has 2 aliphatic heterocycles. The third-order valence-corrected chi connectivity index (χ3v) is 6.58. The Kier molecular flexibility index (Phi) is 5.40. The highest BCUT2D eigenvalue weighted by Gasteiger charge is 2.43. The Balaban J connectivity index is 1.55. The van der Waals surface area contributed by atoms with Crippen molar-refractivity contribution in [3.63, 3.8) is 0 Å². The lowest BCUT2D eigenvalue weighted by molar-refractivity contribution is -0.130. The first kappa shape index (κ1) is 19.0. The molecule has 2 aromatic rings. The van der Waals surface area contributed by atoms with E-state index in [1.807, 2.05) is 52.9 Å². The van der Waals surface area contributed by atoms with Gasteiger partial charge >= 0.3 is 0 Å². The van der Waals surface area contributed by atoms with Gasteiger partial charge in [0.15, 0.2) is 0 Å². The van der Waals surface area contributed by atoms with Gasteiger partial charge in [-0.15, -0.1) is 0 Å². The molecule has 148 valence electrons. The van der Waals surface area contributed by atoms with Crippen LogP contribution in [0.15, 0.2) is 41.1 Å². The molecule has 0 aliphatic carbocycles. The number of thiophene rings is 1. The molecule has 28 heavy (non-hydrogen) atoms. The van der Waals surface area contributed by atoms with Gasteiger partial charge in [0, 0.05) is 37.9 Å². The van der Waals surface area contributed by atoms with Gasteiger partial charge in [-0.1, -0.05) is 18.2 Å². The summed E-state index contributed by atoms with van der Waals surface area (Å²) >= 11 is 1.60. The lowest BCUT2D eigenvalue weighted by atomic mass is 9.82. The minimum atomic E-state index is -0.408. The summed E-state index contributed by atoms with van der Waals surface area (Å²) in [7, 11) is 0. The van der Waals surface area contributed by atoms with Crippen LogP contribution in [0.2, 0.25) is 0 Å². The SMILES string of the molecule is CCN1CCC2(CCC1=O)CC(NC(=O)Cc1ccsc1)c1ccccc1O2. The molecule has 1 spiro atoms. The van der Waals surface area contributed by atoms with Crippen molar-refractivity contribution in [3.05, 3.63) is 52.2 Å². The highest BCUT2D eigenvalue weighted by Crippen LogP contribution is 2.44. The van der Waals surface area contributed by atoms with E-state index in [2.05, 4.69) is 5.32 Å². The van der Waals surface area contributed by atoms with Gasteiger partial charge in [0.05, 0.1) is 12.5 Å². The van der Waals surface area contributed by atoms with Crippen LogP contribution in [0.4, 0.5) is 0 Å². The fourth-order valence-corrected chi connectivity index (χ4v) is 4.96. The van der Waals surface area contributed by atoms with Crippen molar-refractivity contribution in [2.45, 2.75) is 50.7 Å². The lowest BCUT2D eigenvalue weighted by Gasteiger charge is -2.42. The topological polar surface area (TPSA) is 58.6 Å². The number of nitrogens with one attached hydrogen (secondary N) is 1. The third kappa shape index (κ3) is 3.92. The summed E-state index contributed by atoms with van der Waals surface area (Å²) in [6, 6.07) is 9.83. The van der Waals surface area contributed by atoms with Crippen molar-refractivity contribution in [3.8, 4) is 5.75 Å². The summed E-state index contributed by atoms with van der Waals surface area (Å²) < 4.78 is 6.47. The maximum Gasteiger partial charge on any atom is 0.224 e. The Labute approximate surface area is 169 Å². The molecule has 1 fully saturated rings. The summed E-state index contributed by atoms with van der Waals surface area (Å²) in [4.78, 5) is 26.9. The van der Waals surface area contributed by atoms with Crippen molar-refractivity contribution in [2.75, 3.05) is 13.1 Å². The Morgan fingerprint density at radius 2 is 2.18 bits per heavy atom. The second kappa shape index (κ2) is 7.95. The molecule has 4 rings (SSSR count). The van der Waals surface area contributed by atoms with E-state index in [0.717, 1.165) is 29.8 Å². The largest absolute Gasteiger partial charge is 0.487 e. The monoisotopic (exact) mass is 398 g/mol. The van der Waals surface area contributed by atoms with Crippen LogP contribution >= 0.6 is 11.3 Å². The van der Waals surface area contributed by atoms with Gasteiger partial charge in [0.25, 0.3) is 0 Å². The number of carbonyl (C=O) groups is 2. The molecule has 3 heterocycles. The van der Waals surface area contributed by atoms with Gasteiger partial charge in [0.1, 0.15) is 11.4 Å². The summed E-state index contributed by atoms with van der Waals surface area (Å²) in [6.07, 6.45) is 3.05. The Morgan fingerprint density at radius 3 is 2.96 bits per heavy atom. The molecule has 0 saturated carbocycles. The molecule has 2 aliphatic rings. The molecule has 6 heteroatoms. The molecule has 0 bridgehead atoms. The number of ether oxygens (including phenoxy) is 1. The smallest absolute Gasteiger partial charge is 0.224 e. The summed E-state index contributed by atoms with van der Waals surface area (Å²) in [5.74, 6) is 1.04. The first-order chi connectivity index (χ1) is 13.6. The molecule has 5 nitrogen and oxygen atoms in total. The number of fused-ring (bicyclic) bond motifs is 1. The maximum absolute atomic E-state index is 12.7. The van der Waals surface area contributed by atoms with E-state index in [1.54, 1.807) is 11.3 Å². The number of benzene rings is 1. The van der Waals surface area contributed by atoms with Crippen LogP contribution in [0.3, 0.4) is 0 Å². The summed E-state index contributed by atoms with van der Waals surface area (Å²) in [6.45, 7) is 3.44. The van der Waals surface area contributed by atoms with Crippen LogP contribution in [-0.2, 0) is 16.0 Å². The van der Waals surface area contributed by atoms with Crippen molar-refractivity contribution < 1.29 is 14.3 Å². The molecule has 1 aromatic carbocycles. The van der Waals surface area contributed by atoms with E-state index in [4.69, 9.17) is 4.74 Å². The first-order valence-corrected chi connectivity index (χ1v) is 10.9. The van der Waals surface area contributed by atoms with Gasteiger partial charge in [-0.25, -0.2) is 0 Å². The minimum absolute atomic E-state index is 0.0233. The zero-order valence-corrected chi connectivity index (χ0v) is 17.0. The second-order valence-corrected chi connectivity index (χ2v) is 8.46. The molecule has 2 unspecified atom stereocenters. The van der Waals surface area contributed by atoms with Crippen LogP contribution in [0, 0.1) is 0 Å². The zero-order chi connectivity index (χ0) is 19.6. The molecule has 1 N–H and O–H groups in total. The predicted molar refractivity (Wildman–Crippen MR) is 109 cm³/mol. The highest BCUT2D eigenvalue weighted by molar-refractivity contribution is 7.08. The summed E-state index contributed by atoms with van der Waals surface area (Å²) in [5, 5.41) is 7.23. The highest BCUT2D eigenvalue weighted by atomic mass is 32.1. The van der Waals surface area contributed by atoms with E-state index >= 15 is 0 Å². The van der Waals surface area contributed by atoms with Crippen LogP contribution in [0.1, 0.15) is 49.8 Å². The molecular formula is C22H26N2O3S. The Morgan fingerprint density at radius 1 is 1.32 bits per heavy atom. The van der Waals surface area contributed by atoms with E-state index in [-0.39, 0.29) is 17.9 Å². The normalized spacial score (nSPS) is 24.4. The van der Waals surface area contributed by atoms with E-state index in [0.29, 0.717) is 32.2 Å². The van der Waals surface area contributed by atoms with Crippen molar-refractivity contribution >= 4 is 23.2 Å². The lowest BCUT2D eigenvalue weighted by Crippen LogP contribution is -2.46. The summed E-state index contributed by atoms with van der Waals surface area (Å²) in [5.41, 5.74) is 1.65. The van der Waals surface area contributed by atoms with Crippen molar-refractivity contribution in [2.24, 2.45) is 0 Å². The average molecular weight is 399 g/mol. The molecule has 1 saturated heterocycles. The van der Waals surface area contributed by atoms with E-state index in [1.165, 1.54) is 0 Å². The fraction of sp³-hybridized carbons (Fsp3) is 0.455. The zero-order valence-electron chi connectivity index (χ0n) is 16.1. The molecule has 1 aromatic heterocycles. The molecular weight excluding hydrogens is 372 g/mol. The standard InChI is InChI=1S/C22H26N2O3S/c1-2-24-11-10-22(9-7-21(24)26)14-18(17-5-3-4-6-19(17)27-22)23-20(25)13-16-8-12-28-15-16/h3-6,8,12,15,18H,2,7,9-11,13-14H2,1H3,(H,23,25). The fourth-order valence-electron chi connectivity index (χ4n) is 4.29. The number of hydrogen-bond acceptors (Lipinski definition) is 4. The number of carbonyl (C=O) groups excluding carboxylic acids is 2. The number of rotatable bonds is 4. The number of nitrogens with zero attached hydrogens (tertiary/aromatic N) is 1. The van der Waals surface area contributed by atoms with Gasteiger partial charge in [-0.2, -0.15) is 11.3 Å². The molecule has 0 radical (unpaired) electrons. The third-order valence-electron chi connectivity index (χ3n) is 5.84. The van der Waals surface area contributed by atoms with E-state index < -0.39 is 5.60 Å². The quantitative estimate of drug-likeness (QED) is 0.854. The average Bonchev–Trinajstić information content (AvgIpc) is 3.14. The second-order valence-electron chi connectivity index (χ2n) is 7.68. The predicted octanol–water partition coefficient (Wildman–Crippen LogP) is 3.70. The Bertz CT molecular complexity index is 851. The maximum atomic E-state index is 12.7. The van der Waals surface area contributed by atoms with Crippen LogP contribution in [-0.4, -0.2) is 35.4 Å². The van der Waals surface area contributed by atoms with Gasteiger partial charge < -0.3 is 15.0 Å². The number of likely N-dealkylation sites (tertiary alicyclic amines) is 1. The first-order valence-electron chi connectivity index (χ1n) is 9.95. The minimum Gasteiger partial charge on any atom is -0.487 e. The van der Waals surface area contributed by atoms with Crippen LogP contribution in [0.25, 0.3) is 0 Å². The molecule has 2 atom stereocenters. The number of hydrogen-bond donors (Lipinski definition) is 1. The van der Waals surface area contributed by atoms with Gasteiger partial charge in [0.2, 0.25) is 11.8 Å². The number of para-hydroxylation sites is 1. The molecule has 2 amide bonds. The Hall–Kier alpha value is -2.34. The van der Waals surface area contributed by atoms with E-state index in [9.17, 15) is 9.59 Å². The van der Waals surface area contributed by atoms with Crippen molar-refractivity contribution in [1.82, 2.24) is 10.2 Å². The van der Waals surface area contributed by atoms with Gasteiger partial charge in [-0.3, -0.25) is 9.59 Å². The van der Waals surface area contributed by atoms with Crippen molar-refractivity contribution in [1.29, 1.82) is 0 Å². The van der Waals surface area contributed by atoms with Gasteiger partial charge in [-0.05, 0) is 41.8 Å².